The standard InChI is InChI=1S/C14H13F3N4O3/c1-8(2)24-12-11(14(15,16)17)7-18-13(20-12)19-9-4-3-5-10(6-9)21(22)23/h3-8H,1-2H3,(H,18,19,20). The van der Waals surface area contributed by atoms with E-state index in [1.165, 1.54) is 24.3 Å². The molecule has 0 atom stereocenters. The maximum Gasteiger partial charge on any atom is 0.423 e. The Bertz CT molecular complexity index is 750. The van der Waals surface area contributed by atoms with E-state index in [1.54, 1.807) is 13.8 Å². The molecule has 1 aromatic carbocycles. The first-order chi connectivity index (χ1) is 11.2. The molecule has 0 bridgehead atoms. The predicted molar refractivity (Wildman–Crippen MR) is 79.2 cm³/mol. The molecule has 24 heavy (non-hydrogen) atoms. The molecule has 10 heteroatoms. The lowest BCUT2D eigenvalue weighted by Gasteiger charge is -2.15. The third kappa shape index (κ3) is 4.31. The molecule has 128 valence electrons. The highest BCUT2D eigenvalue weighted by Gasteiger charge is 2.36. The van der Waals surface area contributed by atoms with Crippen molar-refractivity contribution in [2.45, 2.75) is 26.1 Å². The molecule has 0 saturated heterocycles. The van der Waals surface area contributed by atoms with E-state index >= 15 is 0 Å². The van der Waals surface area contributed by atoms with E-state index in [0.29, 0.717) is 6.20 Å². The number of benzene rings is 1. The van der Waals surface area contributed by atoms with Gasteiger partial charge >= 0.3 is 6.18 Å². The van der Waals surface area contributed by atoms with E-state index < -0.39 is 28.6 Å². The van der Waals surface area contributed by atoms with Crippen LogP contribution in [0.4, 0.5) is 30.5 Å². The summed E-state index contributed by atoms with van der Waals surface area (Å²) in [7, 11) is 0. The first-order valence-corrected chi connectivity index (χ1v) is 6.79. The van der Waals surface area contributed by atoms with Gasteiger partial charge < -0.3 is 10.1 Å². The molecule has 1 heterocycles. The molecule has 0 fully saturated rings. The van der Waals surface area contributed by atoms with Crippen LogP contribution in [0.1, 0.15) is 19.4 Å². The Morgan fingerprint density at radius 1 is 1.33 bits per heavy atom. The molecule has 0 unspecified atom stereocenters. The van der Waals surface area contributed by atoms with Gasteiger partial charge in [-0.1, -0.05) is 6.07 Å². The molecule has 0 spiro atoms. The van der Waals surface area contributed by atoms with E-state index in [4.69, 9.17) is 4.74 Å². The highest BCUT2D eigenvalue weighted by Crippen LogP contribution is 2.35. The molecule has 2 aromatic rings. The molecular formula is C14H13F3N4O3. The number of nitro groups is 1. The third-order valence-electron chi connectivity index (χ3n) is 2.72. The molecule has 0 aliphatic heterocycles. The Hall–Kier alpha value is -2.91. The molecule has 0 saturated carbocycles. The van der Waals surface area contributed by atoms with Crippen molar-refractivity contribution in [1.82, 2.24) is 9.97 Å². The zero-order chi connectivity index (χ0) is 17.9. The SMILES string of the molecule is CC(C)Oc1nc(Nc2cccc([N+](=O)[O-])c2)ncc1C(F)(F)F. The molecule has 0 amide bonds. The lowest BCUT2D eigenvalue weighted by Crippen LogP contribution is -2.15. The van der Waals surface area contributed by atoms with Crippen LogP contribution >= 0.6 is 0 Å². The second kappa shape index (κ2) is 6.69. The zero-order valence-electron chi connectivity index (χ0n) is 12.7. The van der Waals surface area contributed by atoms with E-state index in [-0.39, 0.29) is 17.3 Å². The maximum absolute atomic E-state index is 12.9. The Kier molecular flexibility index (Phi) is 4.86. The minimum Gasteiger partial charge on any atom is -0.474 e. The fourth-order valence-corrected chi connectivity index (χ4v) is 1.76. The van der Waals surface area contributed by atoms with Crippen LogP contribution in [0.2, 0.25) is 0 Å². The average Bonchev–Trinajstić information content (AvgIpc) is 2.45. The van der Waals surface area contributed by atoms with E-state index in [9.17, 15) is 23.3 Å². The Morgan fingerprint density at radius 3 is 2.62 bits per heavy atom. The number of nitrogens with one attached hydrogen (secondary N) is 1. The molecule has 0 aliphatic rings. The fourth-order valence-electron chi connectivity index (χ4n) is 1.76. The molecule has 2 rings (SSSR count). The summed E-state index contributed by atoms with van der Waals surface area (Å²) >= 11 is 0. The smallest absolute Gasteiger partial charge is 0.423 e. The summed E-state index contributed by atoms with van der Waals surface area (Å²) in [5.41, 5.74) is -1.01. The van der Waals surface area contributed by atoms with Crippen LogP contribution in [-0.4, -0.2) is 21.0 Å². The minimum atomic E-state index is -4.66. The molecule has 1 aromatic heterocycles. The lowest BCUT2D eigenvalue weighted by molar-refractivity contribution is -0.384. The zero-order valence-corrected chi connectivity index (χ0v) is 12.7. The van der Waals surface area contributed by atoms with Gasteiger partial charge in [0.05, 0.1) is 11.0 Å². The van der Waals surface area contributed by atoms with Crippen LogP contribution in [0.5, 0.6) is 5.88 Å². The Balaban J connectivity index is 2.34. The van der Waals surface area contributed by atoms with Crippen LogP contribution in [0, 0.1) is 10.1 Å². The Morgan fingerprint density at radius 2 is 2.04 bits per heavy atom. The summed E-state index contributed by atoms with van der Waals surface area (Å²) in [4.78, 5) is 17.5. The number of aromatic nitrogens is 2. The van der Waals surface area contributed by atoms with Gasteiger partial charge in [0.2, 0.25) is 11.8 Å². The van der Waals surface area contributed by atoms with Gasteiger partial charge in [-0.15, -0.1) is 0 Å². The number of hydrogen-bond acceptors (Lipinski definition) is 6. The van der Waals surface area contributed by atoms with Gasteiger partial charge in [-0.2, -0.15) is 18.2 Å². The molecule has 7 nitrogen and oxygen atoms in total. The Labute approximate surface area is 134 Å². The second-order valence-electron chi connectivity index (χ2n) is 5.01. The van der Waals surface area contributed by atoms with Crippen LogP contribution in [0.25, 0.3) is 0 Å². The number of non-ortho nitro benzene ring substituents is 1. The number of hydrogen-bond donors (Lipinski definition) is 1. The second-order valence-corrected chi connectivity index (χ2v) is 5.01. The number of ether oxygens (including phenoxy) is 1. The summed E-state index contributed by atoms with van der Waals surface area (Å²) in [6.45, 7) is 3.13. The topological polar surface area (TPSA) is 90.2 Å². The first-order valence-electron chi connectivity index (χ1n) is 6.79. The minimum absolute atomic E-state index is 0.167. The van der Waals surface area contributed by atoms with Crippen molar-refractivity contribution < 1.29 is 22.8 Å². The number of nitro benzene ring substituents is 1. The van der Waals surface area contributed by atoms with Crippen molar-refractivity contribution in [3.05, 3.63) is 46.1 Å². The highest BCUT2D eigenvalue weighted by molar-refractivity contribution is 5.58. The molecular weight excluding hydrogens is 329 g/mol. The normalized spacial score (nSPS) is 11.4. The average molecular weight is 342 g/mol. The van der Waals surface area contributed by atoms with Gasteiger partial charge in [0.1, 0.15) is 5.56 Å². The van der Waals surface area contributed by atoms with Crippen molar-refractivity contribution in [1.29, 1.82) is 0 Å². The van der Waals surface area contributed by atoms with Gasteiger partial charge in [0.15, 0.2) is 0 Å². The van der Waals surface area contributed by atoms with E-state index in [2.05, 4.69) is 15.3 Å². The van der Waals surface area contributed by atoms with Crippen molar-refractivity contribution >= 4 is 17.3 Å². The van der Waals surface area contributed by atoms with Crippen molar-refractivity contribution in [3.8, 4) is 5.88 Å². The first kappa shape index (κ1) is 17.4. The molecule has 0 radical (unpaired) electrons. The number of halogens is 3. The van der Waals surface area contributed by atoms with Crippen LogP contribution < -0.4 is 10.1 Å². The van der Waals surface area contributed by atoms with Gasteiger partial charge in [0, 0.05) is 24.0 Å². The van der Waals surface area contributed by atoms with Crippen molar-refractivity contribution in [2.24, 2.45) is 0 Å². The highest BCUT2D eigenvalue weighted by atomic mass is 19.4. The quantitative estimate of drug-likeness (QED) is 0.654. The number of anilines is 2. The van der Waals surface area contributed by atoms with Gasteiger partial charge in [-0.3, -0.25) is 10.1 Å². The third-order valence-corrected chi connectivity index (χ3v) is 2.72. The summed E-state index contributed by atoms with van der Waals surface area (Å²) in [6.07, 6.45) is -4.58. The van der Waals surface area contributed by atoms with Gasteiger partial charge in [0.25, 0.3) is 5.69 Å². The van der Waals surface area contributed by atoms with Crippen molar-refractivity contribution in [3.63, 3.8) is 0 Å². The van der Waals surface area contributed by atoms with Crippen LogP contribution in [0.15, 0.2) is 30.5 Å². The van der Waals surface area contributed by atoms with Gasteiger partial charge in [-0.25, -0.2) is 4.98 Å². The lowest BCUT2D eigenvalue weighted by atomic mass is 10.3. The molecule has 1 N–H and O–H groups in total. The van der Waals surface area contributed by atoms with Crippen LogP contribution in [0.3, 0.4) is 0 Å². The molecule has 0 aliphatic carbocycles. The fraction of sp³-hybridized carbons (Fsp3) is 0.286. The summed E-state index contributed by atoms with van der Waals surface area (Å²) < 4.78 is 43.9. The van der Waals surface area contributed by atoms with Crippen LogP contribution in [-0.2, 0) is 6.18 Å². The maximum atomic E-state index is 12.9. The van der Waals surface area contributed by atoms with E-state index in [1.807, 2.05) is 0 Å². The summed E-state index contributed by atoms with van der Waals surface area (Å²) in [6, 6.07) is 5.42. The number of rotatable bonds is 5. The van der Waals surface area contributed by atoms with E-state index in [0.717, 1.165) is 0 Å². The van der Waals surface area contributed by atoms with Crippen molar-refractivity contribution in [2.75, 3.05) is 5.32 Å². The number of alkyl halides is 3. The largest absolute Gasteiger partial charge is 0.474 e. The predicted octanol–water partition coefficient (Wildman–Crippen LogP) is 3.93. The van der Waals surface area contributed by atoms with Gasteiger partial charge in [-0.05, 0) is 19.9 Å². The summed E-state index contributed by atoms with van der Waals surface area (Å²) in [5.74, 6) is -0.778. The monoisotopic (exact) mass is 342 g/mol. The summed E-state index contributed by atoms with van der Waals surface area (Å²) in [5, 5.41) is 13.4. The number of nitrogens with zero attached hydrogens (tertiary/aromatic N) is 3.